The third-order valence-electron chi connectivity index (χ3n) is 12.6. The molecule has 1 heterocycles. The summed E-state index contributed by atoms with van der Waals surface area (Å²) in [4.78, 5) is 0. The normalized spacial score (nSPS) is 50.2. The van der Waals surface area contributed by atoms with Crippen molar-refractivity contribution in [3.63, 3.8) is 0 Å². The highest BCUT2D eigenvalue weighted by Crippen LogP contribution is 2.69. The van der Waals surface area contributed by atoms with Gasteiger partial charge in [-0.05, 0) is 78.9 Å². The van der Waals surface area contributed by atoms with Crippen LogP contribution in [0.5, 0.6) is 0 Å². The lowest BCUT2D eigenvalue weighted by Gasteiger charge is -2.66. The molecule has 0 unspecified atom stereocenters. The molecule has 0 aromatic carbocycles. The zero-order valence-electron chi connectivity index (χ0n) is 27.0. The van der Waals surface area contributed by atoms with Crippen molar-refractivity contribution in [3.05, 3.63) is 12.2 Å². The van der Waals surface area contributed by atoms with E-state index in [0.717, 1.165) is 6.42 Å². The van der Waals surface area contributed by atoms with Crippen molar-refractivity contribution < 1.29 is 57.3 Å². The molecule has 7 N–H and O–H groups in total. The van der Waals surface area contributed by atoms with Gasteiger partial charge in [-0.25, -0.2) is 4.18 Å². The van der Waals surface area contributed by atoms with Crippen molar-refractivity contribution in [1.29, 1.82) is 0 Å². The lowest BCUT2D eigenvalue weighted by atomic mass is 9.42. The average molecular weight is 663 g/mol. The first kappa shape index (κ1) is 35.6. The molecule has 0 spiro atoms. The number of aliphatic hydroxyl groups excluding tert-OH is 5. The second kappa shape index (κ2) is 12.6. The van der Waals surface area contributed by atoms with E-state index in [9.17, 15) is 43.6 Å². The number of fused-ring (bicyclic) bond motifs is 5. The molecule has 4 aliphatic carbocycles. The van der Waals surface area contributed by atoms with Crippen molar-refractivity contribution in [2.75, 3.05) is 6.61 Å². The molecule has 0 aromatic rings. The summed E-state index contributed by atoms with van der Waals surface area (Å²) in [5, 5.41) is 65.8. The minimum atomic E-state index is -4.62. The standard InChI is InChI=1S/C32H54O12S/c1-16(2)24(43-29-27(37)26(36)23(35)15-42-29)7-6-17(3)19-13-21(33)28-31(19,5)11-9-25-30(4)10-8-18(44-45(39,40)41)12-20(30)22(34)14-32(25,28)38/h6-7,16-29,33-38H,8-15H2,1-5H3,(H,39,40,41)/b7-6+/t17-,18-,19+,20+,21+,22-,23-,24-,25+,26-,27-,28+,29+,30-,31+,32-/m0/s1. The van der Waals surface area contributed by atoms with Gasteiger partial charge in [-0.3, -0.25) is 4.55 Å². The van der Waals surface area contributed by atoms with E-state index in [2.05, 4.69) is 26.8 Å². The molecule has 260 valence electrons. The predicted molar refractivity (Wildman–Crippen MR) is 162 cm³/mol. The Morgan fingerprint density at radius 2 is 1.56 bits per heavy atom. The molecular weight excluding hydrogens is 608 g/mol. The van der Waals surface area contributed by atoms with Gasteiger partial charge in [0.2, 0.25) is 0 Å². The fourth-order valence-corrected chi connectivity index (χ4v) is 11.0. The number of ether oxygens (including phenoxy) is 2. The minimum Gasteiger partial charge on any atom is -0.393 e. The van der Waals surface area contributed by atoms with Crippen molar-refractivity contribution in [2.45, 2.75) is 134 Å². The summed E-state index contributed by atoms with van der Waals surface area (Å²) >= 11 is 0. The molecule has 1 aliphatic heterocycles. The summed E-state index contributed by atoms with van der Waals surface area (Å²) in [6.45, 7) is 10.1. The van der Waals surface area contributed by atoms with Crippen LogP contribution >= 0.6 is 0 Å². The second-order valence-corrected chi connectivity index (χ2v) is 16.7. The Morgan fingerprint density at radius 3 is 2.20 bits per heavy atom. The number of rotatable bonds is 8. The molecule has 5 rings (SSSR count). The molecule has 5 fully saturated rings. The predicted octanol–water partition coefficient (Wildman–Crippen LogP) is 1.56. The second-order valence-electron chi connectivity index (χ2n) is 15.6. The first-order valence-corrected chi connectivity index (χ1v) is 17.9. The molecule has 13 heteroatoms. The van der Waals surface area contributed by atoms with Gasteiger partial charge in [-0.1, -0.05) is 46.8 Å². The van der Waals surface area contributed by atoms with Crippen LogP contribution in [0.2, 0.25) is 0 Å². The lowest BCUT2D eigenvalue weighted by molar-refractivity contribution is -0.280. The maximum Gasteiger partial charge on any atom is 0.397 e. The summed E-state index contributed by atoms with van der Waals surface area (Å²) in [7, 11) is -4.62. The Hall–Kier alpha value is -0.710. The van der Waals surface area contributed by atoms with Crippen LogP contribution in [0, 0.1) is 46.3 Å². The Kier molecular flexibility index (Phi) is 9.99. The first-order chi connectivity index (χ1) is 20.8. The molecule has 16 atom stereocenters. The third-order valence-corrected chi connectivity index (χ3v) is 13.1. The summed E-state index contributed by atoms with van der Waals surface area (Å²) in [5.74, 6) is -0.933. The van der Waals surface area contributed by atoms with Crippen LogP contribution in [0.15, 0.2) is 12.2 Å². The molecule has 12 nitrogen and oxygen atoms in total. The zero-order chi connectivity index (χ0) is 33.3. The molecule has 5 aliphatic rings. The largest absolute Gasteiger partial charge is 0.397 e. The van der Waals surface area contributed by atoms with Crippen LogP contribution < -0.4 is 0 Å². The molecule has 0 aromatic heterocycles. The molecule has 45 heavy (non-hydrogen) atoms. The number of aliphatic hydroxyl groups is 6. The van der Waals surface area contributed by atoms with Gasteiger partial charge in [-0.2, -0.15) is 8.42 Å². The molecule has 0 radical (unpaired) electrons. The highest BCUT2D eigenvalue weighted by Gasteiger charge is 2.70. The number of hydrogen-bond donors (Lipinski definition) is 7. The fourth-order valence-electron chi connectivity index (χ4n) is 10.5. The fraction of sp³-hybridized carbons (Fsp3) is 0.938. The molecule has 0 amide bonds. The monoisotopic (exact) mass is 662 g/mol. The number of allylic oxidation sites excluding steroid dienone is 1. The van der Waals surface area contributed by atoms with Crippen molar-refractivity contribution >= 4 is 10.4 Å². The Labute approximate surface area is 266 Å². The van der Waals surface area contributed by atoms with Crippen LogP contribution in [0.25, 0.3) is 0 Å². The van der Waals surface area contributed by atoms with Crippen LogP contribution in [0.1, 0.15) is 79.6 Å². The van der Waals surface area contributed by atoms with Crippen LogP contribution in [-0.2, 0) is 24.1 Å². The van der Waals surface area contributed by atoms with E-state index in [1.807, 2.05) is 19.9 Å². The summed E-state index contributed by atoms with van der Waals surface area (Å²) in [6, 6.07) is 0. The van der Waals surface area contributed by atoms with E-state index in [0.29, 0.717) is 25.7 Å². The van der Waals surface area contributed by atoms with Gasteiger partial charge >= 0.3 is 10.4 Å². The van der Waals surface area contributed by atoms with Gasteiger partial charge in [0.1, 0.15) is 18.3 Å². The van der Waals surface area contributed by atoms with Gasteiger partial charge < -0.3 is 40.1 Å². The van der Waals surface area contributed by atoms with E-state index in [4.69, 9.17) is 13.7 Å². The minimum absolute atomic E-state index is 0.00544. The van der Waals surface area contributed by atoms with E-state index in [1.54, 1.807) is 0 Å². The van der Waals surface area contributed by atoms with E-state index < -0.39 is 81.8 Å². The van der Waals surface area contributed by atoms with Crippen molar-refractivity contribution in [1.82, 2.24) is 0 Å². The maximum absolute atomic E-state index is 12.6. The SMILES string of the molecule is CC(C)[C@H](/C=C/[C@H](C)[C@H]1C[C@@H](O)[C@@H]2[C@]1(C)CC[C@@H]1[C@@]3(C)CC[C@H](OS(=O)(=O)O)C[C@@H]3[C@@H](O)C[C@]12O)O[C@H]1OC[C@H](O)[C@H](O)[C@@H]1O. The van der Waals surface area contributed by atoms with Gasteiger partial charge in [0, 0.05) is 12.3 Å². The van der Waals surface area contributed by atoms with Gasteiger partial charge in [0.05, 0.1) is 36.6 Å². The Bertz CT molecular complexity index is 1200. The lowest BCUT2D eigenvalue weighted by Crippen LogP contribution is -2.68. The Balaban J connectivity index is 1.33. The zero-order valence-corrected chi connectivity index (χ0v) is 27.8. The van der Waals surface area contributed by atoms with Crippen LogP contribution in [0.4, 0.5) is 0 Å². The topological polar surface area (TPSA) is 203 Å². The highest BCUT2D eigenvalue weighted by atomic mass is 32.3. The first-order valence-electron chi connectivity index (χ1n) is 16.6. The van der Waals surface area contributed by atoms with Crippen LogP contribution in [0.3, 0.4) is 0 Å². The van der Waals surface area contributed by atoms with Crippen molar-refractivity contribution in [2.24, 2.45) is 46.3 Å². The third kappa shape index (κ3) is 6.41. The van der Waals surface area contributed by atoms with Gasteiger partial charge in [-0.15, -0.1) is 0 Å². The molecule has 0 bridgehead atoms. The quantitative estimate of drug-likeness (QED) is 0.146. The molecule has 4 saturated carbocycles. The van der Waals surface area contributed by atoms with Crippen LogP contribution in [-0.4, -0.2) is 105 Å². The van der Waals surface area contributed by atoms with Gasteiger partial charge in [0.15, 0.2) is 6.29 Å². The summed E-state index contributed by atoms with van der Waals surface area (Å²) < 4.78 is 48.4. The number of hydrogen-bond acceptors (Lipinski definition) is 11. The van der Waals surface area contributed by atoms with E-state index >= 15 is 0 Å². The molecule has 1 saturated heterocycles. The highest BCUT2D eigenvalue weighted by molar-refractivity contribution is 7.80. The smallest absolute Gasteiger partial charge is 0.393 e. The van der Waals surface area contributed by atoms with Gasteiger partial charge in [0.25, 0.3) is 0 Å². The summed E-state index contributed by atoms with van der Waals surface area (Å²) in [6.07, 6.45) is -0.710. The maximum atomic E-state index is 12.6. The summed E-state index contributed by atoms with van der Waals surface area (Å²) in [5.41, 5.74) is -2.22. The van der Waals surface area contributed by atoms with Crippen molar-refractivity contribution in [3.8, 4) is 0 Å². The average Bonchev–Trinajstić information content (AvgIpc) is 3.21. The van der Waals surface area contributed by atoms with E-state index in [-0.39, 0.29) is 49.0 Å². The Morgan fingerprint density at radius 1 is 0.889 bits per heavy atom. The van der Waals surface area contributed by atoms with E-state index in [1.165, 1.54) is 0 Å². The molecular formula is C32H54O12S.